The summed E-state index contributed by atoms with van der Waals surface area (Å²) in [5.74, 6) is 1.84. The number of ketones is 1. The van der Waals surface area contributed by atoms with Gasteiger partial charge in [0.05, 0.1) is 6.26 Å². The second kappa shape index (κ2) is 8.04. The van der Waals surface area contributed by atoms with E-state index in [4.69, 9.17) is 9.47 Å². The van der Waals surface area contributed by atoms with Crippen molar-refractivity contribution in [2.45, 2.75) is 92.1 Å². The van der Waals surface area contributed by atoms with Gasteiger partial charge in [0.15, 0.2) is 0 Å². The lowest BCUT2D eigenvalue weighted by molar-refractivity contribution is -0.168. The van der Waals surface area contributed by atoms with E-state index in [-0.39, 0.29) is 34.8 Å². The number of hydrogen-bond donors (Lipinski definition) is 0. The zero-order valence-electron chi connectivity index (χ0n) is 19.7. The lowest BCUT2D eigenvalue weighted by Gasteiger charge is -2.60. The first-order chi connectivity index (χ1) is 14.6. The molecule has 0 aromatic heterocycles. The summed E-state index contributed by atoms with van der Waals surface area (Å²) in [6, 6.07) is 0. The Morgan fingerprint density at radius 2 is 1.71 bits per heavy atom. The number of rotatable bonds is 3. The molecule has 0 aromatic rings. The molecule has 0 aliphatic heterocycles. The minimum atomic E-state index is -0.297. The summed E-state index contributed by atoms with van der Waals surface area (Å²) in [5, 5.41) is 0. The first-order valence-electron chi connectivity index (χ1n) is 12.1. The minimum Gasteiger partial charge on any atom is -0.463 e. The largest absolute Gasteiger partial charge is 0.463 e. The average molecular weight is 431 g/mol. The van der Waals surface area contributed by atoms with Gasteiger partial charge in [0.2, 0.25) is 0 Å². The third-order valence-corrected chi connectivity index (χ3v) is 9.59. The van der Waals surface area contributed by atoms with Crippen LogP contribution in [0.15, 0.2) is 11.8 Å². The van der Waals surface area contributed by atoms with E-state index >= 15 is 0 Å². The molecule has 4 rings (SSSR count). The van der Waals surface area contributed by atoms with Crippen LogP contribution in [0.2, 0.25) is 0 Å². The number of esters is 2. The minimum absolute atomic E-state index is 0.0148. The summed E-state index contributed by atoms with van der Waals surface area (Å²) in [7, 11) is 0. The molecule has 0 N–H and O–H groups in total. The van der Waals surface area contributed by atoms with Crippen LogP contribution < -0.4 is 0 Å². The van der Waals surface area contributed by atoms with Crippen molar-refractivity contribution < 1.29 is 23.9 Å². The van der Waals surface area contributed by atoms with Crippen molar-refractivity contribution in [1.29, 1.82) is 0 Å². The van der Waals surface area contributed by atoms with Gasteiger partial charge in [0, 0.05) is 26.2 Å². The molecular formula is C26H38O5. The van der Waals surface area contributed by atoms with Crippen molar-refractivity contribution in [2.24, 2.45) is 40.4 Å². The molecule has 172 valence electrons. The predicted molar refractivity (Wildman–Crippen MR) is 117 cm³/mol. The van der Waals surface area contributed by atoms with Crippen LogP contribution in [0.25, 0.3) is 0 Å². The molecule has 0 amide bonds. The Kier molecular flexibility index (Phi) is 5.85. The summed E-state index contributed by atoms with van der Waals surface area (Å²) in [6.07, 6.45) is 9.45. The quantitative estimate of drug-likeness (QED) is 0.453. The predicted octanol–water partition coefficient (Wildman–Crippen LogP) is 5.22. The number of allylic oxidation sites excluding steroid dienone is 1. The Morgan fingerprint density at radius 3 is 2.39 bits per heavy atom. The highest BCUT2D eigenvalue weighted by Gasteiger charge is 2.63. The van der Waals surface area contributed by atoms with Crippen LogP contribution in [0.1, 0.15) is 86.0 Å². The summed E-state index contributed by atoms with van der Waals surface area (Å²) < 4.78 is 10.7. The molecule has 4 aliphatic rings. The zero-order chi connectivity index (χ0) is 22.6. The highest BCUT2D eigenvalue weighted by molar-refractivity contribution is 5.84. The number of ether oxygens (including phenoxy) is 2. The third kappa shape index (κ3) is 3.76. The van der Waals surface area contributed by atoms with E-state index in [1.165, 1.54) is 13.8 Å². The molecule has 0 unspecified atom stereocenters. The van der Waals surface area contributed by atoms with E-state index in [2.05, 4.69) is 13.8 Å². The molecule has 0 heterocycles. The van der Waals surface area contributed by atoms with E-state index in [0.29, 0.717) is 35.9 Å². The first kappa shape index (κ1) is 22.5. The van der Waals surface area contributed by atoms with E-state index in [1.807, 2.05) is 6.92 Å². The fourth-order valence-electron chi connectivity index (χ4n) is 8.38. The Labute approximate surface area is 186 Å². The maximum Gasteiger partial charge on any atom is 0.307 e. The van der Waals surface area contributed by atoms with E-state index in [0.717, 1.165) is 50.5 Å². The van der Waals surface area contributed by atoms with Crippen molar-refractivity contribution in [1.82, 2.24) is 0 Å². The maximum atomic E-state index is 13.7. The molecule has 4 saturated carbocycles. The molecule has 8 atom stereocenters. The normalized spacial score (nSPS) is 44.7. The molecule has 4 aliphatic carbocycles. The fraction of sp³-hybridized carbons (Fsp3) is 0.808. The molecule has 0 saturated heterocycles. The second-order valence-electron chi connectivity index (χ2n) is 11.3. The first-order valence-corrected chi connectivity index (χ1v) is 12.1. The number of carbonyl (C=O) groups is 3. The highest BCUT2D eigenvalue weighted by Crippen LogP contribution is 2.67. The van der Waals surface area contributed by atoms with Gasteiger partial charge in [0.25, 0.3) is 0 Å². The molecule has 0 bridgehead atoms. The van der Waals surface area contributed by atoms with Gasteiger partial charge >= 0.3 is 11.9 Å². The van der Waals surface area contributed by atoms with Crippen LogP contribution in [0.5, 0.6) is 0 Å². The number of hydrogen-bond acceptors (Lipinski definition) is 5. The van der Waals surface area contributed by atoms with Crippen LogP contribution in [0.3, 0.4) is 0 Å². The number of Topliss-reactive ketones (excluding diaryl/α,β-unsaturated/α-hetero) is 1. The second-order valence-corrected chi connectivity index (χ2v) is 11.3. The topological polar surface area (TPSA) is 69.7 Å². The molecule has 5 heteroatoms. The molecule has 0 spiro atoms. The molecule has 4 fully saturated rings. The van der Waals surface area contributed by atoms with Crippen LogP contribution in [0, 0.1) is 40.4 Å². The molecule has 5 nitrogen and oxygen atoms in total. The smallest absolute Gasteiger partial charge is 0.307 e. The summed E-state index contributed by atoms with van der Waals surface area (Å²) in [6.45, 7) is 9.61. The monoisotopic (exact) mass is 430 g/mol. The standard InChI is InChI=1S/C26H38O5/c1-15(14-30-16(2)27)21-8-9-22-20-7-6-18-12-19(31-17(3)28)10-11-25(18,4)24(20)23(29)13-26(21,22)5/h14,18-22,24H,6-13H2,1-5H3/b15-14+/t18-,19+,20+,21-,22+,24-,25+,26-/m1/s1. The Hall–Kier alpha value is -1.65. The zero-order valence-corrected chi connectivity index (χ0v) is 19.7. The van der Waals surface area contributed by atoms with Gasteiger partial charge in [-0.3, -0.25) is 14.4 Å². The van der Waals surface area contributed by atoms with Crippen LogP contribution >= 0.6 is 0 Å². The van der Waals surface area contributed by atoms with Gasteiger partial charge in [-0.25, -0.2) is 0 Å². The number of carbonyl (C=O) groups excluding carboxylic acids is 3. The Balaban J connectivity index is 1.56. The van der Waals surface area contributed by atoms with Crippen molar-refractivity contribution in [2.75, 3.05) is 0 Å². The number of fused-ring (bicyclic) bond motifs is 5. The van der Waals surface area contributed by atoms with Gasteiger partial charge in [-0.1, -0.05) is 13.8 Å². The van der Waals surface area contributed by atoms with Crippen molar-refractivity contribution in [3.05, 3.63) is 11.8 Å². The Bertz CT molecular complexity index is 800. The highest BCUT2D eigenvalue weighted by atomic mass is 16.5. The van der Waals surface area contributed by atoms with Crippen LogP contribution in [0.4, 0.5) is 0 Å². The summed E-state index contributed by atoms with van der Waals surface area (Å²) >= 11 is 0. The van der Waals surface area contributed by atoms with Crippen LogP contribution in [-0.2, 0) is 23.9 Å². The Morgan fingerprint density at radius 1 is 0.968 bits per heavy atom. The van der Waals surface area contributed by atoms with Gasteiger partial charge in [-0.2, -0.15) is 0 Å². The van der Waals surface area contributed by atoms with Crippen molar-refractivity contribution in [3.63, 3.8) is 0 Å². The van der Waals surface area contributed by atoms with E-state index < -0.39 is 0 Å². The van der Waals surface area contributed by atoms with E-state index in [9.17, 15) is 14.4 Å². The molecule has 31 heavy (non-hydrogen) atoms. The average Bonchev–Trinajstić information content (AvgIpc) is 3.02. The summed E-state index contributed by atoms with van der Waals surface area (Å²) in [5.41, 5.74) is 1.07. The SMILES string of the molecule is CC(=O)O/C=C(\C)[C@H]1CC[C@H]2[C@@H]3CC[C@@H]4C[C@@H](OC(C)=O)CC[C@]4(C)[C@H]3C(=O)C[C@]12C. The molecule has 0 radical (unpaired) electrons. The maximum absolute atomic E-state index is 13.7. The van der Waals surface area contributed by atoms with Gasteiger partial charge in [-0.15, -0.1) is 0 Å². The van der Waals surface area contributed by atoms with Crippen molar-refractivity contribution in [3.8, 4) is 0 Å². The lowest BCUT2D eigenvalue weighted by Crippen LogP contribution is -2.57. The lowest BCUT2D eigenvalue weighted by atomic mass is 9.44. The third-order valence-electron chi connectivity index (χ3n) is 9.59. The van der Waals surface area contributed by atoms with E-state index in [1.54, 1.807) is 6.26 Å². The molecule has 0 aromatic carbocycles. The fourth-order valence-corrected chi connectivity index (χ4v) is 8.38. The molecular weight excluding hydrogens is 392 g/mol. The summed E-state index contributed by atoms with van der Waals surface area (Å²) in [4.78, 5) is 36.5. The van der Waals surface area contributed by atoms with Crippen molar-refractivity contribution >= 4 is 17.7 Å². The van der Waals surface area contributed by atoms with Gasteiger partial charge < -0.3 is 9.47 Å². The van der Waals surface area contributed by atoms with Gasteiger partial charge in [0.1, 0.15) is 11.9 Å². The van der Waals surface area contributed by atoms with Gasteiger partial charge in [-0.05, 0) is 91.9 Å². The van der Waals surface area contributed by atoms with Crippen LogP contribution in [-0.4, -0.2) is 23.8 Å².